The molecular weight excluding hydrogens is 372 g/mol. The van der Waals surface area contributed by atoms with Crippen molar-refractivity contribution in [1.82, 2.24) is 20.0 Å². The number of hydrogen-bond acceptors (Lipinski definition) is 3. The molecule has 2 saturated heterocycles. The Hall–Kier alpha value is -2.50. The maximum atomic E-state index is 4.54. The van der Waals surface area contributed by atoms with Gasteiger partial charge in [0.05, 0.1) is 6.20 Å². The van der Waals surface area contributed by atoms with Crippen molar-refractivity contribution in [3.8, 4) is 0 Å². The van der Waals surface area contributed by atoms with Crippen molar-refractivity contribution in [1.29, 1.82) is 0 Å². The van der Waals surface area contributed by atoms with E-state index in [-0.39, 0.29) is 0 Å². The van der Waals surface area contributed by atoms with Crippen LogP contribution in [0.4, 0.5) is 5.69 Å². The van der Waals surface area contributed by atoms with E-state index in [2.05, 4.69) is 62.6 Å². The molecule has 30 heavy (non-hydrogen) atoms. The highest BCUT2D eigenvalue weighted by Gasteiger charge is 2.25. The van der Waals surface area contributed by atoms with Crippen LogP contribution in [0.15, 0.2) is 41.7 Å². The van der Waals surface area contributed by atoms with Crippen LogP contribution in [-0.2, 0) is 20.0 Å². The zero-order chi connectivity index (χ0) is 20.9. The lowest BCUT2D eigenvalue weighted by molar-refractivity contribution is 0.438. The first-order chi connectivity index (χ1) is 14.6. The Morgan fingerprint density at radius 1 is 1.10 bits per heavy atom. The normalized spacial score (nSPS) is 20.8. The summed E-state index contributed by atoms with van der Waals surface area (Å²) >= 11 is 0. The van der Waals surface area contributed by atoms with Crippen LogP contribution >= 0.6 is 0 Å². The number of piperidine rings is 1. The number of hydrogen-bond donors (Lipinski definition) is 1. The van der Waals surface area contributed by atoms with Gasteiger partial charge in [0, 0.05) is 58.7 Å². The van der Waals surface area contributed by atoms with Gasteiger partial charge in [-0.05, 0) is 60.8 Å². The number of likely N-dealkylation sites (tertiary alicyclic amines) is 1. The molecule has 3 heterocycles. The smallest absolute Gasteiger partial charge is 0.193 e. The van der Waals surface area contributed by atoms with E-state index in [1.54, 1.807) is 0 Å². The van der Waals surface area contributed by atoms with Crippen molar-refractivity contribution in [3.05, 3.63) is 47.8 Å². The molecule has 0 spiro atoms. The van der Waals surface area contributed by atoms with Gasteiger partial charge in [-0.1, -0.05) is 19.1 Å². The number of aryl methyl sites for hydroxylation is 1. The molecule has 0 saturated carbocycles. The predicted molar refractivity (Wildman–Crippen MR) is 124 cm³/mol. The van der Waals surface area contributed by atoms with Gasteiger partial charge >= 0.3 is 0 Å². The molecule has 2 aromatic rings. The van der Waals surface area contributed by atoms with Crippen LogP contribution in [0.3, 0.4) is 0 Å². The van der Waals surface area contributed by atoms with Crippen LogP contribution in [-0.4, -0.2) is 53.9 Å². The predicted octanol–water partition coefficient (Wildman–Crippen LogP) is 3.30. The van der Waals surface area contributed by atoms with E-state index in [4.69, 9.17) is 0 Å². The third-order valence-electron chi connectivity index (χ3n) is 6.62. The van der Waals surface area contributed by atoms with Gasteiger partial charge in [0.2, 0.25) is 0 Å². The fourth-order valence-electron chi connectivity index (χ4n) is 4.71. The van der Waals surface area contributed by atoms with Crippen molar-refractivity contribution < 1.29 is 0 Å². The summed E-state index contributed by atoms with van der Waals surface area (Å²) in [5.74, 6) is 2.54. The van der Waals surface area contributed by atoms with Crippen LogP contribution in [0.2, 0.25) is 0 Å². The van der Waals surface area contributed by atoms with Gasteiger partial charge in [0.15, 0.2) is 5.96 Å². The van der Waals surface area contributed by atoms with E-state index in [1.165, 1.54) is 49.2 Å². The highest BCUT2D eigenvalue weighted by molar-refractivity contribution is 5.80. The lowest BCUT2D eigenvalue weighted by Crippen LogP contribution is -2.39. The molecule has 0 radical (unpaired) electrons. The third kappa shape index (κ3) is 5.15. The van der Waals surface area contributed by atoms with Gasteiger partial charge in [-0.15, -0.1) is 0 Å². The summed E-state index contributed by atoms with van der Waals surface area (Å²) in [6, 6.07) is 9.05. The highest BCUT2D eigenvalue weighted by atomic mass is 15.3. The molecule has 0 aliphatic carbocycles. The van der Waals surface area contributed by atoms with Crippen molar-refractivity contribution in [2.45, 2.75) is 39.2 Å². The van der Waals surface area contributed by atoms with Crippen LogP contribution in [0.5, 0.6) is 0 Å². The zero-order valence-electron chi connectivity index (χ0n) is 18.7. The average Bonchev–Trinajstić information content (AvgIpc) is 3.39. The molecule has 1 aromatic carbocycles. The summed E-state index contributed by atoms with van der Waals surface area (Å²) in [5, 5.41) is 7.86. The number of rotatable bonds is 5. The maximum absolute atomic E-state index is 4.54. The SMILES string of the molecule is CN=C(NCc1ccc(N2CCC(C)CC2)cc1)N1CCC(Cc2cnn(C)c2)C1. The largest absolute Gasteiger partial charge is 0.372 e. The second kappa shape index (κ2) is 9.54. The van der Waals surface area contributed by atoms with Gasteiger partial charge in [-0.2, -0.15) is 5.10 Å². The molecule has 1 N–H and O–H groups in total. The second-order valence-corrected chi connectivity index (χ2v) is 9.06. The molecule has 6 heteroatoms. The number of aromatic nitrogens is 2. The van der Waals surface area contributed by atoms with Crippen LogP contribution < -0.4 is 10.2 Å². The van der Waals surface area contributed by atoms with E-state index in [0.29, 0.717) is 5.92 Å². The van der Waals surface area contributed by atoms with E-state index >= 15 is 0 Å². The summed E-state index contributed by atoms with van der Waals surface area (Å²) in [4.78, 5) is 9.45. The van der Waals surface area contributed by atoms with Crippen LogP contribution in [0.25, 0.3) is 0 Å². The molecule has 2 fully saturated rings. The molecule has 2 aliphatic heterocycles. The van der Waals surface area contributed by atoms with Crippen LogP contribution in [0, 0.1) is 11.8 Å². The molecule has 1 atom stereocenters. The first-order valence-electron chi connectivity index (χ1n) is 11.4. The first kappa shape index (κ1) is 20.8. The Morgan fingerprint density at radius 2 is 1.87 bits per heavy atom. The lowest BCUT2D eigenvalue weighted by atomic mass is 9.99. The summed E-state index contributed by atoms with van der Waals surface area (Å²) in [5.41, 5.74) is 3.99. The molecule has 6 nitrogen and oxygen atoms in total. The summed E-state index contributed by atoms with van der Waals surface area (Å²) < 4.78 is 1.89. The van der Waals surface area contributed by atoms with Crippen molar-refractivity contribution in [2.75, 3.05) is 38.1 Å². The Kier molecular flexibility index (Phi) is 6.60. The molecule has 0 bridgehead atoms. The van der Waals surface area contributed by atoms with E-state index in [1.807, 2.05) is 25.0 Å². The Labute approximate surface area is 181 Å². The standard InChI is InChI=1S/C24H36N6/c1-19-8-11-29(12-9-19)23-6-4-20(5-7-23)15-26-24(25-2)30-13-10-21(18-30)14-22-16-27-28(3)17-22/h4-7,16-17,19,21H,8-15,18H2,1-3H3,(H,25,26). The minimum Gasteiger partial charge on any atom is -0.372 e. The van der Waals surface area contributed by atoms with Crippen molar-refractivity contribution in [3.63, 3.8) is 0 Å². The van der Waals surface area contributed by atoms with Crippen LogP contribution in [0.1, 0.15) is 37.3 Å². The molecular formula is C24H36N6. The quantitative estimate of drug-likeness (QED) is 0.609. The summed E-state index contributed by atoms with van der Waals surface area (Å²) in [7, 11) is 3.87. The lowest BCUT2D eigenvalue weighted by Gasteiger charge is -2.32. The fraction of sp³-hybridized carbons (Fsp3) is 0.583. The van der Waals surface area contributed by atoms with E-state index in [9.17, 15) is 0 Å². The van der Waals surface area contributed by atoms with E-state index in [0.717, 1.165) is 37.9 Å². The van der Waals surface area contributed by atoms with Gasteiger partial charge in [-0.3, -0.25) is 9.67 Å². The number of anilines is 1. The van der Waals surface area contributed by atoms with E-state index < -0.39 is 0 Å². The zero-order valence-corrected chi connectivity index (χ0v) is 18.7. The number of aliphatic imine (C=N–C) groups is 1. The number of nitrogens with one attached hydrogen (secondary N) is 1. The molecule has 0 amide bonds. The fourth-order valence-corrected chi connectivity index (χ4v) is 4.71. The van der Waals surface area contributed by atoms with Gasteiger partial charge in [0.25, 0.3) is 0 Å². The van der Waals surface area contributed by atoms with Crippen molar-refractivity contribution >= 4 is 11.6 Å². The number of nitrogens with zero attached hydrogens (tertiary/aromatic N) is 5. The minimum absolute atomic E-state index is 0.666. The third-order valence-corrected chi connectivity index (χ3v) is 6.62. The highest BCUT2D eigenvalue weighted by Crippen LogP contribution is 2.23. The summed E-state index contributed by atoms with van der Waals surface area (Å²) in [6.07, 6.45) is 9.03. The average molecular weight is 409 g/mol. The first-order valence-corrected chi connectivity index (χ1v) is 11.4. The molecule has 1 aromatic heterocycles. The Bertz CT molecular complexity index is 832. The molecule has 162 valence electrons. The minimum atomic E-state index is 0.666. The Morgan fingerprint density at radius 3 is 2.53 bits per heavy atom. The number of guanidine groups is 1. The summed E-state index contributed by atoms with van der Waals surface area (Å²) in [6.45, 7) is 7.66. The molecule has 2 aliphatic rings. The number of benzene rings is 1. The van der Waals surface area contributed by atoms with Gasteiger partial charge in [0.1, 0.15) is 0 Å². The van der Waals surface area contributed by atoms with Gasteiger partial charge in [-0.25, -0.2) is 0 Å². The van der Waals surface area contributed by atoms with Crippen molar-refractivity contribution in [2.24, 2.45) is 23.9 Å². The Balaban J connectivity index is 1.26. The molecule has 4 rings (SSSR count). The van der Waals surface area contributed by atoms with Gasteiger partial charge < -0.3 is 15.1 Å². The topological polar surface area (TPSA) is 48.7 Å². The maximum Gasteiger partial charge on any atom is 0.193 e. The monoisotopic (exact) mass is 408 g/mol. The molecule has 1 unspecified atom stereocenters. The second-order valence-electron chi connectivity index (χ2n) is 9.06.